The van der Waals surface area contributed by atoms with E-state index in [0.717, 1.165) is 13.2 Å². The zero-order valence-corrected chi connectivity index (χ0v) is 7.19. The van der Waals surface area contributed by atoms with Crippen LogP contribution in [0.3, 0.4) is 0 Å². The van der Waals surface area contributed by atoms with Crippen molar-refractivity contribution in [1.29, 1.82) is 0 Å². The summed E-state index contributed by atoms with van der Waals surface area (Å²) in [5.74, 6) is 0. The summed E-state index contributed by atoms with van der Waals surface area (Å²) < 4.78 is 4.83. The highest BCUT2D eigenvalue weighted by atomic mass is 35.7. The third-order valence-electron chi connectivity index (χ3n) is 0.408. The zero-order chi connectivity index (χ0) is 7.70. The van der Waals surface area contributed by atoms with Gasteiger partial charge in [-0.25, -0.2) is 0 Å². The minimum Gasteiger partial charge on any atom is -0.382 e. The smallest absolute Gasteiger partial charge is 0.271 e. The van der Waals surface area contributed by atoms with E-state index >= 15 is 0 Å². The first-order valence-corrected chi connectivity index (χ1v) is 4.71. The fourth-order valence-electron chi connectivity index (χ4n) is 0.204. The molecule has 0 unspecified atom stereocenters. The molecule has 0 rings (SSSR count). The maximum absolute atomic E-state index is 7.44. The Balaban J connectivity index is 0. The molecule has 0 radical (unpaired) electrons. The summed E-state index contributed by atoms with van der Waals surface area (Å²) in [4.78, 5) is 14.9. The van der Waals surface area contributed by atoms with Crippen LogP contribution in [0, 0.1) is 0 Å². The molecular weight excluding hydrogens is 162 g/mol. The lowest BCUT2D eigenvalue weighted by atomic mass is 10.8. The monoisotopic (exact) mass is 174 g/mol. The summed E-state index contributed by atoms with van der Waals surface area (Å²) >= 11 is 4.45. The summed E-state index contributed by atoms with van der Waals surface area (Å²) in [6, 6.07) is 0. The number of hydrogen-bond donors (Lipinski definition) is 2. The summed E-state index contributed by atoms with van der Waals surface area (Å²) in [6.07, 6.45) is 0. The quantitative estimate of drug-likeness (QED) is 0.624. The van der Waals surface area contributed by atoms with Crippen molar-refractivity contribution in [1.82, 2.24) is 0 Å². The van der Waals surface area contributed by atoms with E-state index < -0.39 is 7.73 Å². The second kappa shape index (κ2) is 11.4. The Labute approximate surface area is 61.3 Å². The minimum atomic E-state index is -2.15. The van der Waals surface area contributed by atoms with Crippen LogP contribution in [0.15, 0.2) is 0 Å². The first-order chi connectivity index (χ1) is 4.15. The minimum absolute atomic E-state index is 0.844. The molecule has 0 saturated carbocycles. The molecule has 0 heterocycles. The van der Waals surface area contributed by atoms with Gasteiger partial charge in [0.25, 0.3) is 7.73 Å². The molecular formula is C4H12ClO3P. The Morgan fingerprint density at radius 2 is 1.56 bits per heavy atom. The van der Waals surface area contributed by atoms with Crippen molar-refractivity contribution in [2.45, 2.75) is 13.8 Å². The van der Waals surface area contributed by atoms with Gasteiger partial charge in [-0.1, -0.05) is 0 Å². The molecule has 3 nitrogen and oxygen atoms in total. The Bertz CT molecular complexity index is 40.0. The normalized spacial score (nSPS) is 8.67. The van der Waals surface area contributed by atoms with Crippen LogP contribution in [0.1, 0.15) is 13.8 Å². The van der Waals surface area contributed by atoms with E-state index in [4.69, 9.17) is 14.5 Å². The largest absolute Gasteiger partial charge is 0.382 e. The summed E-state index contributed by atoms with van der Waals surface area (Å²) in [6.45, 7) is 5.67. The fraction of sp³-hybridized carbons (Fsp3) is 1.00. The highest BCUT2D eigenvalue weighted by Crippen LogP contribution is 2.27. The van der Waals surface area contributed by atoms with E-state index in [1.54, 1.807) is 0 Å². The van der Waals surface area contributed by atoms with Gasteiger partial charge < -0.3 is 14.5 Å². The molecule has 0 aromatic carbocycles. The molecule has 0 aromatic heterocycles. The molecule has 0 saturated heterocycles. The molecule has 0 amide bonds. The highest BCUT2D eigenvalue weighted by molar-refractivity contribution is 7.74. The van der Waals surface area contributed by atoms with Crippen LogP contribution in [-0.2, 0) is 4.74 Å². The number of halogens is 1. The number of ether oxygens (including phenoxy) is 1. The molecule has 2 N–H and O–H groups in total. The van der Waals surface area contributed by atoms with Crippen molar-refractivity contribution in [2.24, 2.45) is 0 Å². The summed E-state index contributed by atoms with van der Waals surface area (Å²) in [5.41, 5.74) is 0. The van der Waals surface area contributed by atoms with Crippen molar-refractivity contribution in [2.75, 3.05) is 13.2 Å². The lowest BCUT2D eigenvalue weighted by Gasteiger charge is -1.86. The predicted octanol–water partition coefficient (Wildman–Crippen LogP) is 1.48. The van der Waals surface area contributed by atoms with Gasteiger partial charge in [-0.2, -0.15) is 0 Å². The highest BCUT2D eigenvalue weighted by Gasteiger charge is 1.77. The van der Waals surface area contributed by atoms with Gasteiger partial charge in [0.1, 0.15) is 0 Å². The molecule has 5 heteroatoms. The van der Waals surface area contributed by atoms with Gasteiger partial charge in [-0.05, 0) is 25.1 Å². The Kier molecular flexibility index (Phi) is 15.6. The molecule has 9 heavy (non-hydrogen) atoms. The predicted molar refractivity (Wildman–Crippen MR) is 39.4 cm³/mol. The van der Waals surface area contributed by atoms with Gasteiger partial charge in [0.05, 0.1) is 0 Å². The molecule has 0 atom stereocenters. The van der Waals surface area contributed by atoms with Crippen LogP contribution in [0.25, 0.3) is 0 Å². The van der Waals surface area contributed by atoms with Crippen LogP contribution in [0.5, 0.6) is 0 Å². The molecule has 0 aliphatic carbocycles. The fourth-order valence-corrected chi connectivity index (χ4v) is 0.204. The van der Waals surface area contributed by atoms with Gasteiger partial charge in [-0.15, -0.1) is 0 Å². The van der Waals surface area contributed by atoms with E-state index in [0.29, 0.717) is 0 Å². The van der Waals surface area contributed by atoms with E-state index in [1.807, 2.05) is 13.8 Å². The van der Waals surface area contributed by atoms with Crippen LogP contribution < -0.4 is 0 Å². The summed E-state index contributed by atoms with van der Waals surface area (Å²) in [7, 11) is -2.15. The van der Waals surface area contributed by atoms with Crippen molar-refractivity contribution in [3.63, 3.8) is 0 Å². The molecule has 0 aromatic rings. The van der Waals surface area contributed by atoms with E-state index in [-0.39, 0.29) is 0 Å². The van der Waals surface area contributed by atoms with Gasteiger partial charge in [0.2, 0.25) is 0 Å². The second-order valence-corrected chi connectivity index (χ2v) is 2.41. The van der Waals surface area contributed by atoms with Crippen molar-refractivity contribution < 1.29 is 14.5 Å². The molecule has 58 valence electrons. The topological polar surface area (TPSA) is 49.7 Å². The SMILES string of the molecule is CCOCC.OP(O)Cl. The molecule has 0 aliphatic heterocycles. The number of hydrogen-bond acceptors (Lipinski definition) is 3. The first-order valence-electron chi connectivity index (χ1n) is 2.56. The Morgan fingerprint density at radius 1 is 1.33 bits per heavy atom. The van der Waals surface area contributed by atoms with Gasteiger partial charge in [-0.3, -0.25) is 0 Å². The second-order valence-electron chi connectivity index (χ2n) is 1.02. The molecule has 0 spiro atoms. The third kappa shape index (κ3) is 55.4. The van der Waals surface area contributed by atoms with Crippen LogP contribution in [0.2, 0.25) is 0 Å². The standard InChI is InChI=1S/C4H10O.ClH2O2P/c1-3-5-4-2;1-4(2)3/h3-4H2,1-2H3;2-3H. The maximum atomic E-state index is 7.44. The van der Waals surface area contributed by atoms with Gasteiger partial charge >= 0.3 is 0 Å². The molecule has 0 aliphatic rings. The third-order valence-corrected chi connectivity index (χ3v) is 0.408. The van der Waals surface area contributed by atoms with Crippen molar-refractivity contribution in [3.05, 3.63) is 0 Å². The Hall–Kier alpha value is 0.600. The maximum Gasteiger partial charge on any atom is 0.271 e. The average Bonchev–Trinajstić information content (AvgIpc) is 1.66. The van der Waals surface area contributed by atoms with Gasteiger partial charge in [0.15, 0.2) is 0 Å². The van der Waals surface area contributed by atoms with Crippen LogP contribution >= 0.6 is 19.0 Å². The lowest BCUT2D eigenvalue weighted by Crippen LogP contribution is -1.84. The zero-order valence-electron chi connectivity index (χ0n) is 5.54. The van der Waals surface area contributed by atoms with Crippen molar-refractivity contribution >= 4 is 19.0 Å². The van der Waals surface area contributed by atoms with E-state index in [9.17, 15) is 0 Å². The average molecular weight is 175 g/mol. The summed E-state index contributed by atoms with van der Waals surface area (Å²) in [5, 5.41) is 0. The Morgan fingerprint density at radius 3 is 1.56 bits per heavy atom. The van der Waals surface area contributed by atoms with Crippen LogP contribution in [0.4, 0.5) is 0 Å². The van der Waals surface area contributed by atoms with Crippen LogP contribution in [-0.4, -0.2) is 23.0 Å². The number of rotatable bonds is 2. The lowest BCUT2D eigenvalue weighted by molar-refractivity contribution is 0.162. The molecule has 0 fully saturated rings. The first kappa shape index (κ1) is 12.3. The van der Waals surface area contributed by atoms with E-state index in [1.165, 1.54) is 0 Å². The molecule has 0 bridgehead atoms. The van der Waals surface area contributed by atoms with Crippen molar-refractivity contribution in [3.8, 4) is 0 Å². The van der Waals surface area contributed by atoms with Gasteiger partial charge in [0, 0.05) is 13.2 Å². The van der Waals surface area contributed by atoms with E-state index in [2.05, 4.69) is 11.2 Å².